The van der Waals surface area contributed by atoms with E-state index >= 15 is 0 Å². The summed E-state index contributed by atoms with van der Waals surface area (Å²) in [5.74, 6) is 0.929. The van der Waals surface area contributed by atoms with Crippen molar-refractivity contribution in [1.82, 2.24) is 10.2 Å². The second-order valence-corrected chi connectivity index (χ2v) is 4.88. The molecule has 4 nitrogen and oxygen atoms in total. The number of aromatic nitrogens is 2. The second kappa shape index (κ2) is 5.19. The SMILES string of the molecule is Cc1c(Cl)nnc(N(C)C2CCOCC2)c1C. The molecule has 0 aliphatic carbocycles. The van der Waals surface area contributed by atoms with Crippen molar-refractivity contribution in [3.8, 4) is 0 Å². The summed E-state index contributed by atoms with van der Waals surface area (Å²) in [6, 6.07) is 0.484. The van der Waals surface area contributed by atoms with Crippen LogP contribution < -0.4 is 4.90 Å². The molecule has 0 bridgehead atoms. The van der Waals surface area contributed by atoms with Crippen molar-refractivity contribution >= 4 is 17.4 Å². The van der Waals surface area contributed by atoms with Gasteiger partial charge in [0.25, 0.3) is 0 Å². The fraction of sp³-hybridized carbons (Fsp3) is 0.667. The molecule has 1 fully saturated rings. The summed E-state index contributed by atoms with van der Waals surface area (Å²) >= 11 is 5.96. The van der Waals surface area contributed by atoms with Crippen LogP contribution in [0.25, 0.3) is 0 Å². The van der Waals surface area contributed by atoms with Crippen molar-refractivity contribution in [2.75, 3.05) is 25.2 Å². The van der Waals surface area contributed by atoms with E-state index in [0.29, 0.717) is 11.2 Å². The minimum atomic E-state index is 0.484. The highest BCUT2D eigenvalue weighted by atomic mass is 35.5. The van der Waals surface area contributed by atoms with Crippen LogP contribution in [0.4, 0.5) is 5.82 Å². The van der Waals surface area contributed by atoms with Crippen LogP contribution in [0.3, 0.4) is 0 Å². The maximum absolute atomic E-state index is 5.96. The normalized spacial score (nSPS) is 17.2. The van der Waals surface area contributed by atoms with E-state index in [2.05, 4.69) is 22.1 Å². The first-order chi connectivity index (χ1) is 8.11. The van der Waals surface area contributed by atoms with Crippen molar-refractivity contribution in [3.63, 3.8) is 0 Å². The third kappa shape index (κ3) is 2.53. The summed E-state index contributed by atoms with van der Waals surface area (Å²) in [5, 5.41) is 8.71. The average molecular weight is 256 g/mol. The lowest BCUT2D eigenvalue weighted by Crippen LogP contribution is -2.37. The van der Waals surface area contributed by atoms with Crippen molar-refractivity contribution in [1.29, 1.82) is 0 Å². The van der Waals surface area contributed by atoms with Crippen LogP contribution >= 0.6 is 11.6 Å². The molecule has 0 aromatic carbocycles. The molecule has 1 aromatic rings. The molecule has 1 aliphatic heterocycles. The summed E-state index contributed by atoms with van der Waals surface area (Å²) in [6.07, 6.45) is 2.08. The monoisotopic (exact) mass is 255 g/mol. The van der Waals surface area contributed by atoms with E-state index in [1.807, 2.05) is 13.8 Å². The first-order valence-corrected chi connectivity index (χ1v) is 6.29. The smallest absolute Gasteiger partial charge is 0.155 e. The molecule has 1 saturated heterocycles. The summed E-state index contributed by atoms with van der Waals surface area (Å²) < 4.78 is 5.38. The van der Waals surface area contributed by atoms with Gasteiger partial charge in [0.1, 0.15) is 0 Å². The number of nitrogens with zero attached hydrogens (tertiary/aromatic N) is 3. The topological polar surface area (TPSA) is 38.2 Å². The van der Waals surface area contributed by atoms with Crippen LogP contribution in [0.15, 0.2) is 0 Å². The zero-order valence-corrected chi connectivity index (χ0v) is 11.3. The third-order valence-corrected chi connectivity index (χ3v) is 3.87. The van der Waals surface area contributed by atoms with Crippen LogP contribution in [-0.4, -0.2) is 36.5 Å². The molecule has 0 spiro atoms. The predicted octanol–water partition coefficient (Wildman–Crippen LogP) is 2.36. The van der Waals surface area contributed by atoms with Gasteiger partial charge in [-0.05, 0) is 37.8 Å². The highest BCUT2D eigenvalue weighted by Gasteiger charge is 2.22. The number of hydrogen-bond acceptors (Lipinski definition) is 4. The molecule has 2 heterocycles. The molecular formula is C12H18ClN3O. The van der Waals surface area contributed by atoms with Gasteiger partial charge in [-0.3, -0.25) is 0 Å². The summed E-state index contributed by atoms with van der Waals surface area (Å²) in [6.45, 7) is 5.68. The van der Waals surface area contributed by atoms with Crippen LogP contribution in [-0.2, 0) is 4.74 Å². The molecule has 1 aromatic heterocycles. The number of anilines is 1. The third-order valence-electron chi connectivity index (χ3n) is 3.51. The number of halogens is 1. The number of ether oxygens (including phenoxy) is 1. The Morgan fingerprint density at radius 3 is 2.47 bits per heavy atom. The van der Waals surface area contributed by atoms with Gasteiger partial charge in [-0.15, -0.1) is 10.2 Å². The van der Waals surface area contributed by atoms with E-state index in [1.54, 1.807) is 0 Å². The number of hydrogen-bond donors (Lipinski definition) is 0. The highest BCUT2D eigenvalue weighted by Crippen LogP contribution is 2.26. The fourth-order valence-electron chi connectivity index (χ4n) is 2.14. The Kier molecular flexibility index (Phi) is 3.84. The first-order valence-electron chi connectivity index (χ1n) is 5.91. The maximum atomic E-state index is 5.96. The predicted molar refractivity (Wildman–Crippen MR) is 68.8 cm³/mol. The van der Waals surface area contributed by atoms with Crippen molar-refractivity contribution in [3.05, 3.63) is 16.3 Å². The van der Waals surface area contributed by atoms with Crippen LogP contribution in [0.1, 0.15) is 24.0 Å². The minimum Gasteiger partial charge on any atom is -0.381 e. The summed E-state index contributed by atoms with van der Waals surface area (Å²) in [4.78, 5) is 2.20. The van der Waals surface area contributed by atoms with Gasteiger partial charge in [0, 0.05) is 26.3 Å². The Morgan fingerprint density at radius 1 is 1.18 bits per heavy atom. The largest absolute Gasteiger partial charge is 0.381 e. The molecule has 0 N–H and O–H groups in total. The van der Waals surface area contributed by atoms with Gasteiger partial charge in [-0.25, -0.2) is 0 Å². The van der Waals surface area contributed by atoms with Crippen molar-refractivity contribution in [2.24, 2.45) is 0 Å². The molecule has 0 amide bonds. The molecule has 2 rings (SSSR count). The zero-order chi connectivity index (χ0) is 12.4. The van der Waals surface area contributed by atoms with Gasteiger partial charge in [0.05, 0.1) is 0 Å². The molecule has 94 valence electrons. The Hall–Kier alpha value is -0.870. The Labute approximate surface area is 107 Å². The van der Waals surface area contributed by atoms with E-state index < -0.39 is 0 Å². The Morgan fingerprint density at radius 2 is 1.82 bits per heavy atom. The first kappa shape index (κ1) is 12.6. The minimum absolute atomic E-state index is 0.484. The lowest BCUT2D eigenvalue weighted by molar-refractivity contribution is 0.0853. The van der Waals surface area contributed by atoms with Crippen LogP contribution in [0.2, 0.25) is 5.15 Å². The fourth-order valence-corrected chi connectivity index (χ4v) is 2.32. The van der Waals surface area contributed by atoms with E-state index in [-0.39, 0.29) is 0 Å². The standard InChI is InChI=1S/C12H18ClN3O/c1-8-9(2)12(15-14-11(8)13)16(3)10-4-6-17-7-5-10/h10H,4-7H2,1-3H3. The molecule has 17 heavy (non-hydrogen) atoms. The highest BCUT2D eigenvalue weighted by molar-refractivity contribution is 6.30. The summed E-state index contributed by atoms with van der Waals surface area (Å²) in [5.41, 5.74) is 2.12. The molecule has 5 heteroatoms. The Balaban J connectivity index is 2.24. The molecule has 0 saturated carbocycles. The van der Waals surface area contributed by atoms with E-state index in [9.17, 15) is 0 Å². The summed E-state index contributed by atoms with van der Waals surface area (Å²) in [7, 11) is 2.07. The van der Waals surface area contributed by atoms with Gasteiger partial charge < -0.3 is 9.64 Å². The van der Waals surface area contributed by atoms with Gasteiger partial charge in [0.2, 0.25) is 0 Å². The second-order valence-electron chi connectivity index (χ2n) is 4.52. The lowest BCUT2D eigenvalue weighted by Gasteiger charge is -2.32. The molecule has 0 radical (unpaired) electrons. The molecule has 0 unspecified atom stereocenters. The van der Waals surface area contributed by atoms with E-state index in [4.69, 9.17) is 16.3 Å². The molecule has 0 atom stereocenters. The van der Waals surface area contributed by atoms with Crippen molar-refractivity contribution < 1.29 is 4.74 Å². The van der Waals surface area contributed by atoms with Crippen molar-refractivity contribution in [2.45, 2.75) is 32.7 Å². The maximum Gasteiger partial charge on any atom is 0.155 e. The average Bonchev–Trinajstić information content (AvgIpc) is 2.36. The molecular weight excluding hydrogens is 238 g/mol. The van der Waals surface area contributed by atoms with Crippen LogP contribution in [0.5, 0.6) is 0 Å². The van der Waals surface area contributed by atoms with Gasteiger partial charge in [-0.1, -0.05) is 11.6 Å². The van der Waals surface area contributed by atoms with Crippen LogP contribution in [0, 0.1) is 13.8 Å². The zero-order valence-electron chi connectivity index (χ0n) is 10.5. The quantitative estimate of drug-likeness (QED) is 0.813. The number of rotatable bonds is 2. The lowest BCUT2D eigenvalue weighted by atomic mass is 10.1. The molecule has 1 aliphatic rings. The Bertz CT molecular complexity index is 405. The van der Waals surface area contributed by atoms with Gasteiger partial charge >= 0.3 is 0 Å². The van der Waals surface area contributed by atoms with Gasteiger partial charge in [-0.2, -0.15) is 0 Å². The van der Waals surface area contributed by atoms with E-state index in [1.165, 1.54) is 0 Å². The van der Waals surface area contributed by atoms with Gasteiger partial charge in [0.15, 0.2) is 11.0 Å². The van der Waals surface area contributed by atoms with E-state index in [0.717, 1.165) is 43.0 Å².